The maximum absolute atomic E-state index is 13.3. The van der Waals surface area contributed by atoms with E-state index >= 15 is 0 Å². The highest BCUT2D eigenvalue weighted by molar-refractivity contribution is 5.98. The second-order valence-corrected chi connectivity index (χ2v) is 8.02. The van der Waals surface area contributed by atoms with Crippen molar-refractivity contribution in [2.75, 3.05) is 5.32 Å². The summed E-state index contributed by atoms with van der Waals surface area (Å²) < 4.78 is 5.96. The first-order valence-corrected chi connectivity index (χ1v) is 11.6. The number of benzene rings is 3. The average Bonchev–Trinajstić information content (AvgIpc) is 2.84. The summed E-state index contributed by atoms with van der Waals surface area (Å²) in [5, 5.41) is 5.89. The van der Waals surface area contributed by atoms with Gasteiger partial charge in [0, 0.05) is 12.8 Å². The summed E-state index contributed by atoms with van der Waals surface area (Å²) in [5.41, 5.74) is 1.54. The minimum absolute atomic E-state index is 0.101. The third-order valence-corrected chi connectivity index (χ3v) is 5.31. The van der Waals surface area contributed by atoms with E-state index < -0.39 is 6.04 Å². The molecule has 3 aromatic carbocycles. The van der Waals surface area contributed by atoms with E-state index in [4.69, 9.17) is 4.74 Å². The number of hydrogen-bond donors (Lipinski definition) is 2. The molecule has 0 radical (unpaired) electrons. The molecule has 3 rings (SSSR count). The molecule has 3 aromatic rings. The van der Waals surface area contributed by atoms with E-state index in [1.54, 1.807) is 12.1 Å². The predicted octanol–water partition coefficient (Wildman–Crippen LogP) is 6.12. The summed E-state index contributed by atoms with van der Waals surface area (Å²) in [7, 11) is 0. The summed E-state index contributed by atoms with van der Waals surface area (Å²) >= 11 is 0. The Bertz CT molecular complexity index is 1010. The van der Waals surface area contributed by atoms with Crippen LogP contribution in [0.5, 0.6) is 11.5 Å². The van der Waals surface area contributed by atoms with Gasteiger partial charge in [-0.15, -0.1) is 0 Å². The fourth-order valence-electron chi connectivity index (χ4n) is 3.53. The average molecular weight is 445 g/mol. The second-order valence-electron chi connectivity index (χ2n) is 8.02. The minimum Gasteiger partial charge on any atom is -0.455 e. The van der Waals surface area contributed by atoms with Crippen LogP contribution in [0.3, 0.4) is 0 Å². The number of amides is 2. The lowest BCUT2D eigenvalue weighted by Crippen LogP contribution is -2.45. The number of ether oxygens (including phenoxy) is 1. The molecule has 172 valence electrons. The van der Waals surface area contributed by atoms with E-state index in [2.05, 4.69) is 17.6 Å². The molecule has 0 aliphatic carbocycles. The van der Waals surface area contributed by atoms with Crippen LogP contribution in [-0.2, 0) is 16.0 Å². The Morgan fingerprint density at radius 1 is 0.818 bits per heavy atom. The highest BCUT2D eigenvalue weighted by atomic mass is 16.5. The van der Waals surface area contributed by atoms with Crippen LogP contribution in [-0.4, -0.2) is 17.9 Å². The monoisotopic (exact) mass is 444 g/mol. The SMILES string of the molecule is CCCCCCC(=O)NC(Cc1ccccc1)C(=O)Nc1ccccc1Oc1ccccc1. The number of carbonyl (C=O) groups is 2. The molecule has 33 heavy (non-hydrogen) atoms. The maximum Gasteiger partial charge on any atom is 0.247 e. The zero-order valence-corrected chi connectivity index (χ0v) is 19.1. The molecule has 2 amide bonds. The topological polar surface area (TPSA) is 67.4 Å². The Morgan fingerprint density at radius 2 is 1.48 bits per heavy atom. The number of rotatable bonds is 12. The van der Waals surface area contributed by atoms with E-state index in [-0.39, 0.29) is 11.8 Å². The molecule has 0 spiro atoms. The number of hydrogen-bond acceptors (Lipinski definition) is 3. The number of nitrogens with one attached hydrogen (secondary N) is 2. The van der Waals surface area contributed by atoms with Crippen molar-refractivity contribution in [1.29, 1.82) is 0 Å². The molecule has 5 nitrogen and oxygen atoms in total. The van der Waals surface area contributed by atoms with Crippen LogP contribution in [0.15, 0.2) is 84.9 Å². The lowest BCUT2D eigenvalue weighted by molar-refractivity contribution is -0.126. The number of anilines is 1. The Kier molecular flexibility index (Phi) is 9.52. The van der Waals surface area contributed by atoms with Crippen LogP contribution in [0.1, 0.15) is 44.6 Å². The van der Waals surface area contributed by atoms with Crippen LogP contribution in [0, 0.1) is 0 Å². The quantitative estimate of drug-likeness (QED) is 0.331. The van der Waals surface area contributed by atoms with Crippen molar-refractivity contribution in [3.63, 3.8) is 0 Å². The third-order valence-electron chi connectivity index (χ3n) is 5.31. The first-order valence-electron chi connectivity index (χ1n) is 11.6. The molecule has 0 heterocycles. The fraction of sp³-hybridized carbons (Fsp3) is 0.286. The molecule has 0 saturated heterocycles. The zero-order valence-electron chi connectivity index (χ0n) is 19.1. The molecule has 1 atom stereocenters. The van der Waals surface area contributed by atoms with Crippen molar-refractivity contribution in [3.05, 3.63) is 90.5 Å². The van der Waals surface area contributed by atoms with Gasteiger partial charge < -0.3 is 15.4 Å². The summed E-state index contributed by atoms with van der Waals surface area (Å²) in [6.07, 6.45) is 4.91. The Labute approximate surface area is 196 Å². The zero-order chi connectivity index (χ0) is 23.3. The molecule has 0 aromatic heterocycles. The van der Waals surface area contributed by atoms with Gasteiger partial charge in [0.15, 0.2) is 5.75 Å². The second kappa shape index (κ2) is 13.1. The summed E-state index contributed by atoms with van der Waals surface area (Å²) in [4.78, 5) is 25.8. The number of para-hydroxylation sites is 3. The molecule has 0 fully saturated rings. The predicted molar refractivity (Wildman–Crippen MR) is 132 cm³/mol. The van der Waals surface area contributed by atoms with E-state index in [0.717, 1.165) is 31.2 Å². The van der Waals surface area contributed by atoms with Crippen molar-refractivity contribution >= 4 is 17.5 Å². The molecule has 0 bridgehead atoms. The Hall–Kier alpha value is -3.60. The number of carbonyl (C=O) groups excluding carboxylic acids is 2. The molecule has 5 heteroatoms. The third kappa shape index (κ3) is 8.11. The van der Waals surface area contributed by atoms with Crippen molar-refractivity contribution in [2.45, 2.75) is 51.5 Å². The summed E-state index contributed by atoms with van der Waals surface area (Å²) in [5.74, 6) is 0.850. The van der Waals surface area contributed by atoms with Gasteiger partial charge in [-0.2, -0.15) is 0 Å². The van der Waals surface area contributed by atoms with Crippen LogP contribution < -0.4 is 15.4 Å². The van der Waals surface area contributed by atoms with Crippen molar-refractivity contribution in [1.82, 2.24) is 5.32 Å². The number of unbranched alkanes of at least 4 members (excludes halogenated alkanes) is 3. The highest BCUT2D eigenvalue weighted by Gasteiger charge is 2.22. The van der Waals surface area contributed by atoms with Crippen LogP contribution in [0.25, 0.3) is 0 Å². The van der Waals surface area contributed by atoms with Gasteiger partial charge >= 0.3 is 0 Å². The minimum atomic E-state index is -0.684. The maximum atomic E-state index is 13.3. The summed E-state index contributed by atoms with van der Waals surface area (Å²) in [6.45, 7) is 2.14. The van der Waals surface area contributed by atoms with E-state index in [1.807, 2.05) is 72.8 Å². The van der Waals surface area contributed by atoms with Crippen LogP contribution in [0.4, 0.5) is 5.69 Å². The van der Waals surface area contributed by atoms with Gasteiger partial charge in [0.2, 0.25) is 11.8 Å². The lowest BCUT2D eigenvalue weighted by Gasteiger charge is -2.20. The molecular formula is C28H32N2O3. The van der Waals surface area contributed by atoms with Crippen molar-refractivity contribution < 1.29 is 14.3 Å². The van der Waals surface area contributed by atoms with E-state index in [1.165, 1.54) is 0 Å². The van der Waals surface area contributed by atoms with Gasteiger partial charge in [-0.05, 0) is 36.2 Å². The van der Waals surface area contributed by atoms with Crippen molar-refractivity contribution in [3.8, 4) is 11.5 Å². The molecule has 0 aliphatic heterocycles. The van der Waals surface area contributed by atoms with Crippen LogP contribution >= 0.6 is 0 Å². The summed E-state index contributed by atoms with van der Waals surface area (Å²) in [6, 6.07) is 25.7. The largest absolute Gasteiger partial charge is 0.455 e. The normalized spacial score (nSPS) is 11.4. The molecule has 0 saturated carbocycles. The molecular weight excluding hydrogens is 412 g/mol. The van der Waals surface area contributed by atoms with Gasteiger partial charge in [-0.25, -0.2) is 0 Å². The van der Waals surface area contributed by atoms with Gasteiger partial charge in [0.05, 0.1) is 5.69 Å². The van der Waals surface area contributed by atoms with Gasteiger partial charge in [-0.3, -0.25) is 9.59 Å². The first kappa shape index (κ1) is 24.1. The van der Waals surface area contributed by atoms with Crippen molar-refractivity contribution in [2.24, 2.45) is 0 Å². The Balaban J connectivity index is 1.71. The standard InChI is InChI=1S/C28H32N2O3/c1-2-3-4-11-20-27(31)29-25(21-22-14-7-5-8-15-22)28(32)30-24-18-12-13-19-26(24)33-23-16-9-6-10-17-23/h5-10,12-19,25H,2-4,11,20-21H2,1H3,(H,29,31)(H,30,32). The Morgan fingerprint density at radius 3 is 2.21 bits per heavy atom. The smallest absolute Gasteiger partial charge is 0.247 e. The van der Waals surface area contributed by atoms with E-state index in [0.29, 0.717) is 30.0 Å². The van der Waals surface area contributed by atoms with Gasteiger partial charge in [-0.1, -0.05) is 86.8 Å². The van der Waals surface area contributed by atoms with Crippen LogP contribution in [0.2, 0.25) is 0 Å². The molecule has 0 aliphatic rings. The highest BCUT2D eigenvalue weighted by Crippen LogP contribution is 2.29. The van der Waals surface area contributed by atoms with Gasteiger partial charge in [0.25, 0.3) is 0 Å². The molecule has 1 unspecified atom stereocenters. The molecule has 2 N–H and O–H groups in total. The van der Waals surface area contributed by atoms with Gasteiger partial charge in [0.1, 0.15) is 11.8 Å². The fourth-order valence-corrected chi connectivity index (χ4v) is 3.53. The lowest BCUT2D eigenvalue weighted by atomic mass is 10.0. The van der Waals surface area contributed by atoms with E-state index in [9.17, 15) is 9.59 Å². The first-order chi connectivity index (χ1) is 16.2.